The van der Waals surface area contributed by atoms with Crippen molar-refractivity contribution in [2.75, 3.05) is 4.90 Å². The lowest BCUT2D eigenvalue weighted by Crippen LogP contribution is -2.46. The number of rotatable bonds is 3. The van der Waals surface area contributed by atoms with Gasteiger partial charge in [0.25, 0.3) is 0 Å². The number of fused-ring (bicyclic) bond motifs is 3. The van der Waals surface area contributed by atoms with Crippen LogP contribution in [0.5, 0.6) is 0 Å². The van der Waals surface area contributed by atoms with E-state index in [0.29, 0.717) is 24.4 Å². The Hall–Kier alpha value is -3.90. The fourth-order valence-corrected chi connectivity index (χ4v) is 4.57. The predicted molar refractivity (Wildman–Crippen MR) is 111 cm³/mol. The fraction of sp³-hybridized carbons (Fsp3) is 0.227. The molecule has 1 aliphatic carbocycles. The van der Waals surface area contributed by atoms with Crippen LogP contribution in [0.4, 0.5) is 5.69 Å². The lowest BCUT2D eigenvalue weighted by Gasteiger charge is -2.34. The van der Waals surface area contributed by atoms with Gasteiger partial charge in [0.15, 0.2) is 5.96 Å². The molecule has 0 N–H and O–H groups in total. The second-order valence-electron chi connectivity index (χ2n) is 7.50. The number of benzene rings is 2. The molecular weight excluding hydrogens is 380 g/mol. The minimum Gasteiger partial charge on any atom is -0.341 e. The highest BCUT2D eigenvalue weighted by atomic mass is 16.2. The molecule has 0 bridgehead atoms. The van der Waals surface area contributed by atoms with Gasteiger partial charge in [0, 0.05) is 11.5 Å². The highest BCUT2D eigenvalue weighted by molar-refractivity contribution is 6.22. The number of aliphatic imine (C=N–C) groups is 1. The van der Waals surface area contributed by atoms with Gasteiger partial charge in [-0.05, 0) is 34.8 Å². The largest absolute Gasteiger partial charge is 0.341 e. The molecule has 5 rings (SSSR count). The van der Waals surface area contributed by atoms with Crippen molar-refractivity contribution in [3.05, 3.63) is 88.4 Å². The molecule has 2 aromatic rings. The third kappa shape index (κ3) is 2.77. The number of carbonyl (C=O) groups excluding carboxylic acids is 2. The molecule has 0 aromatic heterocycles. The molecule has 1 saturated heterocycles. The van der Waals surface area contributed by atoms with Gasteiger partial charge in [0.2, 0.25) is 11.8 Å². The second kappa shape index (κ2) is 7.17. The van der Waals surface area contributed by atoms with E-state index < -0.39 is 17.9 Å². The van der Waals surface area contributed by atoms with Gasteiger partial charge < -0.3 is 4.90 Å². The molecule has 0 spiro atoms. The summed E-state index contributed by atoms with van der Waals surface area (Å²) in [6.45, 7) is 0.427. The minimum absolute atomic E-state index is 0.191. The third-order valence-corrected chi connectivity index (χ3v) is 5.87. The van der Waals surface area contributed by atoms with Crippen LogP contribution in [0.25, 0.3) is 10.4 Å². The number of imide groups is 1. The first-order chi connectivity index (χ1) is 14.7. The summed E-state index contributed by atoms with van der Waals surface area (Å²) >= 11 is 0. The molecule has 3 aliphatic rings. The van der Waals surface area contributed by atoms with E-state index in [2.05, 4.69) is 15.0 Å². The van der Waals surface area contributed by atoms with Gasteiger partial charge in [0.05, 0.1) is 29.3 Å². The van der Waals surface area contributed by atoms with Crippen LogP contribution in [-0.2, 0) is 16.1 Å². The van der Waals surface area contributed by atoms with Gasteiger partial charge in [-0.25, -0.2) is 9.89 Å². The molecule has 0 radical (unpaired) electrons. The van der Waals surface area contributed by atoms with Crippen molar-refractivity contribution < 1.29 is 9.59 Å². The summed E-state index contributed by atoms with van der Waals surface area (Å²) in [7, 11) is 0. The molecule has 3 atom stereocenters. The van der Waals surface area contributed by atoms with E-state index >= 15 is 0 Å². The Labute approximate surface area is 172 Å². The van der Waals surface area contributed by atoms with Gasteiger partial charge in [-0.1, -0.05) is 54.6 Å². The SMILES string of the molecule is [N-]=[N+]=NC1=NC2=CC[C@H]3C(=O)N(c4ccccc4)C(=O)[C@H]3[C@H]2N1Cc1ccccc1. The van der Waals surface area contributed by atoms with Crippen molar-refractivity contribution in [3.8, 4) is 0 Å². The molecule has 8 heteroatoms. The smallest absolute Gasteiger partial charge is 0.240 e. The summed E-state index contributed by atoms with van der Waals surface area (Å²) in [5, 5.41) is 3.77. The summed E-state index contributed by atoms with van der Waals surface area (Å²) in [4.78, 5) is 37.1. The number of guanidine groups is 1. The van der Waals surface area contributed by atoms with Crippen LogP contribution < -0.4 is 4.90 Å². The Kier molecular flexibility index (Phi) is 4.34. The highest BCUT2D eigenvalue weighted by Crippen LogP contribution is 2.45. The van der Waals surface area contributed by atoms with Crippen LogP contribution >= 0.6 is 0 Å². The molecular formula is C22H18N6O2. The standard InChI is InChI=1S/C22H18N6O2/c23-26-25-22-24-17-12-11-16-18(19(17)27(22)13-14-7-3-1-4-8-14)21(30)28(20(16)29)15-9-5-2-6-10-15/h1-10,12,16,18-19H,11,13H2/t16-,18-,19+/m1/s1. The van der Waals surface area contributed by atoms with Crippen molar-refractivity contribution in [2.45, 2.75) is 19.0 Å². The van der Waals surface area contributed by atoms with E-state index in [0.717, 1.165) is 5.56 Å². The normalized spacial score (nSPS) is 24.7. The molecule has 0 unspecified atom stereocenters. The van der Waals surface area contributed by atoms with Crippen molar-refractivity contribution in [3.63, 3.8) is 0 Å². The lowest BCUT2D eigenvalue weighted by molar-refractivity contribution is -0.122. The maximum absolute atomic E-state index is 13.5. The number of para-hydroxylation sites is 1. The van der Waals surface area contributed by atoms with Gasteiger partial charge >= 0.3 is 0 Å². The van der Waals surface area contributed by atoms with Crippen LogP contribution in [0, 0.1) is 11.8 Å². The molecule has 2 heterocycles. The number of nitrogens with zero attached hydrogens (tertiary/aromatic N) is 6. The van der Waals surface area contributed by atoms with Crippen molar-refractivity contribution in [1.29, 1.82) is 0 Å². The van der Waals surface area contributed by atoms with Crippen molar-refractivity contribution in [2.24, 2.45) is 21.9 Å². The number of amides is 2. The van der Waals surface area contributed by atoms with Gasteiger partial charge in [-0.2, -0.15) is 0 Å². The zero-order valence-electron chi connectivity index (χ0n) is 16.0. The van der Waals surface area contributed by atoms with E-state index in [4.69, 9.17) is 5.53 Å². The van der Waals surface area contributed by atoms with Gasteiger partial charge in [-0.3, -0.25) is 9.59 Å². The Balaban J connectivity index is 1.54. The van der Waals surface area contributed by atoms with Crippen LogP contribution in [0.3, 0.4) is 0 Å². The van der Waals surface area contributed by atoms with E-state index in [1.54, 1.807) is 12.1 Å². The highest BCUT2D eigenvalue weighted by Gasteiger charge is 2.56. The first-order valence-electron chi connectivity index (χ1n) is 9.76. The molecule has 2 aliphatic heterocycles. The zero-order chi connectivity index (χ0) is 20.7. The quantitative estimate of drug-likeness (QED) is 0.341. The predicted octanol–water partition coefficient (Wildman–Crippen LogP) is 3.63. The maximum Gasteiger partial charge on any atom is 0.240 e. The molecule has 0 saturated carbocycles. The average molecular weight is 398 g/mol. The summed E-state index contributed by atoms with van der Waals surface area (Å²) in [6.07, 6.45) is 2.33. The lowest BCUT2D eigenvalue weighted by atomic mass is 9.79. The zero-order valence-corrected chi connectivity index (χ0v) is 16.0. The molecule has 148 valence electrons. The number of allylic oxidation sites excluding steroid dienone is 1. The van der Waals surface area contributed by atoms with Crippen LogP contribution in [-0.4, -0.2) is 28.7 Å². The van der Waals surface area contributed by atoms with Crippen LogP contribution in [0.1, 0.15) is 12.0 Å². The first-order valence-corrected chi connectivity index (χ1v) is 9.76. The Morgan fingerprint density at radius 1 is 1.03 bits per heavy atom. The van der Waals surface area contributed by atoms with E-state index in [-0.39, 0.29) is 17.8 Å². The second-order valence-corrected chi connectivity index (χ2v) is 7.50. The number of hydrogen-bond donors (Lipinski definition) is 0. The molecule has 2 amide bonds. The average Bonchev–Trinajstić information content (AvgIpc) is 3.24. The third-order valence-electron chi connectivity index (χ3n) is 5.87. The van der Waals surface area contributed by atoms with E-state index in [9.17, 15) is 9.59 Å². The van der Waals surface area contributed by atoms with Crippen molar-refractivity contribution >= 4 is 23.5 Å². The summed E-state index contributed by atoms with van der Waals surface area (Å²) in [5.41, 5.74) is 11.3. The first kappa shape index (κ1) is 18.1. The van der Waals surface area contributed by atoms with Crippen LogP contribution in [0.15, 0.2) is 82.5 Å². The summed E-state index contributed by atoms with van der Waals surface area (Å²) < 4.78 is 0. The van der Waals surface area contributed by atoms with Gasteiger partial charge in [0.1, 0.15) is 0 Å². The molecule has 2 aromatic carbocycles. The Morgan fingerprint density at radius 3 is 2.43 bits per heavy atom. The molecule has 8 nitrogen and oxygen atoms in total. The topological polar surface area (TPSA) is 102 Å². The minimum atomic E-state index is -0.573. The van der Waals surface area contributed by atoms with E-state index in [1.807, 2.05) is 59.5 Å². The maximum atomic E-state index is 13.5. The van der Waals surface area contributed by atoms with Crippen molar-refractivity contribution in [1.82, 2.24) is 4.90 Å². The summed E-state index contributed by atoms with van der Waals surface area (Å²) in [6, 6.07) is 18.3. The Bertz CT molecular complexity index is 1120. The number of hydrogen-bond acceptors (Lipinski definition) is 5. The number of anilines is 1. The molecule has 1 fully saturated rings. The number of azide groups is 1. The monoisotopic (exact) mass is 398 g/mol. The van der Waals surface area contributed by atoms with E-state index in [1.165, 1.54) is 4.90 Å². The fourth-order valence-electron chi connectivity index (χ4n) is 4.57. The molecule has 30 heavy (non-hydrogen) atoms. The van der Waals surface area contributed by atoms with Crippen LogP contribution in [0.2, 0.25) is 0 Å². The summed E-state index contributed by atoms with van der Waals surface area (Å²) in [5.74, 6) is -1.22. The van der Waals surface area contributed by atoms with Gasteiger partial charge in [-0.15, -0.1) is 0 Å². The Morgan fingerprint density at radius 2 is 1.73 bits per heavy atom. The number of carbonyl (C=O) groups is 2.